The molecule has 0 radical (unpaired) electrons. The van der Waals surface area contributed by atoms with E-state index in [1.54, 1.807) is 30.0 Å². The highest BCUT2D eigenvalue weighted by Crippen LogP contribution is 2.41. The van der Waals surface area contributed by atoms with Gasteiger partial charge in [0, 0.05) is 33.7 Å². The van der Waals surface area contributed by atoms with E-state index in [9.17, 15) is 8.78 Å². The van der Waals surface area contributed by atoms with E-state index >= 15 is 4.39 Å². The molecule has 0 unspecified atom stereocenters. The SMILES string of the molecule is Cc1ccc([C@@H]2c3[nH]c4ccc(Cl)cc4c3CCN2c2ncc(F)c(C)n2)c(F)c1F. The van der Waals surface area contributed by atoms with Crippen LogP contribution >= 0.6 is 11.6 Å². The van der Waals surface area contributed by atoms with E-state index in [1.165, 1.54) is 6.92 Å². The number of nitrogens with one attached hydrogen (secondary N) is 1. The van der Waals surface area contributed by atoms with Crippen LogP contribution in [-0.2, 0) is 6.42 Å². The lowest BCUT2D eigenvalue weighted by Crippen LogP contribution is -2.38. The number of hydrogen-bond donors (Lipinski definition) is 1. The molecule has 2 aromatic heterocycles. The molecule has 0 bridgehead atoms. The van der Waals surface area contributed by atoms with Gasteiger partial charge in [0.1, 0.15) is 6.04 Å². The number of anilines is 1. The maximum Gasteiger partial charge on any atom is 0.226 e. The number of halogens is 4. The van der Waals surface area contributed by atoms with E-state index < -0.39 is 23.5 Å². The topological polar surface area (TPSA) is 44.8 Å². The number of aryl methyl sites for hydroxylation is 2. The first-order chi connectivity index (χ1) is 14.8. The van der Waals surface area contributed by atoms with E-state index in [1.807, 2.05) is 12.1 Å². The van der Waals surface area contributed by atoms with E-state index in [-0.39, 0.29) is 22.8 Å². The molecule has 1 aliphatic heterocycles. The third kappa shape index (κ3) is 3.15. The fraction of sp³-hybridized carbons (Fsp3) is 0.217. The summed E-state index contributed by atoms with van der Waals surface area (Å²) in [6.45, 7) is 3.50. The number of H-pyrrole nitrogens is 1. The van der Waals surface area contributed by atoms with Crippen molar-refractivity contribution in [1.29, 1.82) is 0 Å². The maximum atomic E-state index is 15.2. The monoisotopic (exact) mass is 442 g/mol. The summed E-state index contributed by atoms with van der Waals surface area (Å²) in [6.07, 6.45) is 1.71. The number of aromatic nitrogens is 3. The van der Waals surface area contributed by atoms with Crippen molar-refractivity contribution >= 4 is 28.5 Å². The second-order valence-corrected chi connectivity index (χ2v) is 8.19. The summed E-state index contributed by atoms with van der Waals surface area (Å²) in [5, 5.41) is 1.54. The Hall–Kier alpha value is -3.06. The first kappa shape index (κ1) is 19.9. The molecular weight excluding hydrogens is 425 g/mol. The van der Waals surface area contributed by atoms with Crippen molar-refractivity contribution in [1.82, 2.24) is 15.0 Å². The number of fused-ring (bicyclic) bond motifs is 3. The van der Waals surface area contributed by atoms with Crippen LogP contribution in [0.3, 0.4) is 0 Å². The van der Waals surface area contributed by atoms with Crippen LogP contribution in [0.5, 0.6) is 0 Å². The molecule has 158 valence electrons. The molecule has 3 heterocycles. The summed E-state index contributed by atoms with van der Waals surface area (Å²) in [4.78, 5) is 13.5. The Kier molecular flexibility index (Phi) is 4.66. The summed E-state index contributed by atoms with van der Waals surface area (Å²) in [5.74, 6) is -2.07. The largest absolute Gasteiger partial charge is 0.356 e. The molecular formula is C23H18ClF3N4. The first-order valence-electron chi connectivity index (χ1n) is 9.85. The Morgan fingerprint density at radius 3 is 2.68 bits per heavy atom. The molecule has 1 atom stereocenters. The number of hydrogen-bond acceptors (Lipinski definition) is 3. The van der Waals surface area contributed by atoms with E-state index in [0.29, 0.717) is 18.0 Å². The van der Waals surface area contributed by atoms with E-state index in [4.69, 9.17) is 11.6 Å². The van der Waals surface area contributed by atoms with Crippen LogP contribution < -0.4 is 4.90 Å². The molecule has 1 N–H and O–H groups in total. The Morgan fingerprint density at radius 1 is 1.10 bits per heavy atom. The van der Waals surface area contributed by atoms with Gasteiger partial charge in [0.25, 0.3) is 0 Å². The molecule has 0 saturated heterocycles. The van der Waals surface area contributed by atoms with Gasteiger partial charge < -0.3 is 9.88 Å². The molecule has 0 fully saturated rings. The van der Waals surface area contributed by atoms with Gasteiger partial charge in [-0.1, -0.05) is 23.7 Å². The highest BCUT2D eigenvalue weighted by atomic mass is 35.5. The summed E-state index contributed by atoms with van der Waals surface area (Å²) < 4.78 is 43.5. The van der Waals surface area contributed by atoms with Gasteiger partial charge in [-0.05, 0) is 49.6 Å². The molecule has 5 rings (SSSR count). The van der Waals surface area contributed by atoms with Crippen LogP contribution in [-0.4, -0.2) is 21.5 Å². The summed E-state index contributed by atoms with van der Waals surface area (Å²) in [6, 6.07) is 7.92. The van der Waals surface area contributed by atoms with Crippen LogP contribution in [0.2, 0.25) is 5.02 Å². The van der Waals surface area contributed by atoms with Gasteiger partial charge in [-0.25, -0.2) is 23.1 Å². The van der Waals surface area contributed by atoms with Gasteiger partial charge >= 0.3 is 0 Å². The average Bonchev–Trinajstić information content (AvgIpc) is 3.12. The quantitative estimate of drug-likeness (QED) is 0.427. The van der Waals surface area contributed by atoms with Gasteiger partial charge in [0.2, 0.25) is 5.95 Å². The number of nitrogens with zero attached hydrogens (tertiary/aromatic N) is 3. The molecule has 4 nitrogen and oxygen atoms in total. The zero-order valence-corrected chi connectivity index (χ0v) is 17.6. The molecule has 0 spiro atoms. The van der Waals surface area contributed by atoms with Crippen LogP contribution in [0.25, 0.3) is 10.9 Å². The third-order valence-corrected chi connectivity index (χ3v) is 6.09. The summed E-state index contributed by atoms with van der Waals surface area (Å²) in [5.41, 5.74) is 3.13. The fourth-order valence-electron chi connectivity index (χ4n) is 4.25. The average molecular weight is 443 g/mol. The predicted octanol–water partition coefficient (Wildman–Crippen LogP) is 5.80. The minimum Gasteiger partial charge on any atom is -0.356 e. The minimum absolute atomic E-state index is 0.160. The van der Waals surface area contributed by atoms with Crippen molar-refractivity contribution in [2.45, 2.75) is 26.3 Å². The molecule has 0 saturated carbocycles. The normalized spacial score (nSPS) is 16.1. The molecule has 31 heavy (non-hydrogen) atoms. The molecule has 1 aliphatic rings. The van der Waals surface area contributed by atoms with E-state index in [0.717, 1.165) is 28.4 Å². The maximum absolute atomic E-state index is 15.2. The van der Waals surface area contributed by atoms with Crippen molar-refractivity contribution in [2.24, 2.45) is 0 Å². The summed E-state index contributed by atoms with van der Waals surface area (Å²) >= 11 is 6.20. The Labute approximate surface area is 181 Å². The first-order valence-corrected chi connectivity index (χ1v) is 10.2. The smallest absolute Gasteiger partial charge is 0.226 e. The highest BCUT2D eigenvalue weighted by molar-refractivity contribution is 6.31. The molecule has 8 heteroatoms. The van der Waals surface area contributed by atoms with Crippen molar-refractivity contribution < 1.29 is 13.2 Å². The molecule has 2 aromatic carbocycles. The zero-order valence-electron chi connectivity index (χ0n) is 16.8. The lowest BCUT2D eigenvalue weighted by Gasteiger charge is -2.36. The number of rotatable bonds is 2. The standard InChI is InChI=1S/C23H18ClF3N4/c1-11-3-5-15(20(27)19(11)26)22-21-14(16-9-13(24)4-6-18(16)30-21)7-8-31(22)23-28-10-17(25)12(2)29-23/h3-6,9-10,22,30H,7-8H2,1-2H3/t22-/m1/s1. The van der Waals surface area contributed by atoms with Crippen molar-refractivity contribution in [3.63, 3.8) is 0 Å². The molecule has 4 aromatic rings. The molecule has 0 aliphatic carbocycles. The minimum atomic E-state index is -0.918. The van der Waals surface area contributed by atoms with E-state index in [2.05, 4.69) is 15.0 Å². The van der Waals surface area contributed by atoms with Gasteiger partial charge in [-0.15, -0.1) is 0 Å². The summed E-state index contributed by atoms with van der Waals surface area (Å²) in [7, 11) is 0. The fourth-order valence-corrected chi connectivity index (χ4v) is 4.42. The zero-order chi connectivity index (χ0) is 21.9. The lowest BCUT2D eigenvalue weighted by atomic mass is 9.91. The number of aromatic amines is 1. The van der Waals surface area contributed by atoms with Gasteiger partial charge in [-0.2, -0.15) is 0 Å². The van der Waals surface area contributed by atoms with Gasteiger partial charge in [0.05, 0.1) is 11.9 Å². The Balaban J connectivity index is 1.76. The Bertz CT molecular complexity index is 1330. The predicted molar refractivity (Wildman–Crippen MR) is 114 cm³/mol. The van der Waals surface area contributed by atoms with Crippen molar-refractivity contribution in [3.8, 4) is 0 Å². The van der Waals surface area contributed by atoms with Crippen LogP contribution in [0.4, 0.5) is 19.1 Å². The van der Waals surface area contributed by atoms with Crippen LogP contribution in [0.1, 0.15) is 34.1 Å². The van der Waals surface area contributed by atoms with Crippen LogP contribution in [0.15, 0.2) is 36.5 Å². The molecule has 0 amide bonds. The number of benzene rings is 2. The third-order valence-electron chi connectivity index (χ3n) is 5.85. The Morgan fingerprint density at radius 2 is 1.90 bits per heavy atom. The van der Waals surface area contributed by atoms with Crippen molar-refractivity contribution in [2.75, 3.05) is 11.4 Å². The van der Waals surface area contributed by atoms with Crippen LogP contribution in [0, 0.1) is 31.3 Å². The highest BCUT2D eigenvalue weighted by Gasteiger charge is 2.36. The second-order valence-electron chi connectivity index (χ2n) is 7.76. The lowest BCUT2D eigenvalue weighted by molar-refractivity contribution is 0.480. The van der Waals surface area contributed by atoms with Gasteiger partial charge in [0.15, 0.2) is 17.5 Å². The van der Waals surface area contributed by atoms with Crippen molar-refractivity contribution in [3.05, 3.63) is 87.1 Å². The second kappa shape index (κ2) is 7.27. The van der Waals surface area contributed by atoms with Gasteiger partial charge in [-0.3, -0.25) is 0 Å².